The number of nitrogens with one attached hydrogen (secondary N) is 2. The molecule has 0 spiro atoms. The molecule has 0 aliphatic rings. The van der Waals surface area contributed by atoms with E-state index >= 15 is 0 Å². The number of ether oxygens (including phenoxy) is 2. The zero-order valence-corrected chi connectivity index (χ0v) is 13.5. The van der Waals surface area contributed by atoms with Crippen LogP contribution in [0.4, 0.5) is 0 Å². The van der Waals surface area contributed by atoms with Crippen LogP contribution in [0.25, 0.3) is 0 Å². The van der Waals surface area contributed by atoms with Gasteiger partial charge in [0.1, 0.15) is 5.75 Å². The predicted octanol–water partition coefficient (Wildman–Crippen LogP) is 0.883. The number of benzene rings is 1. The van der Waals surface area contributed by atoms with E-state index in [2.05, 4.69) is 10.6 Å². The molecular weight excluding hydrogens is 300 g/mol. The lowest BCUT2D eigenvalue weighted by atomic mass is 10.2. The summed E-state index contributed by atoms with van der Waals surface area (Å²) in [6.07, 6.45) is -0.877. The van der Waals surface area contributed by atoms with Crippen LogP contribution in [-0.4, -0.2) is 44.1 Å². The molecule has 0 unspecified atom stereocenters. The monoisotopic (exact) mass is 322 g/mol. The average molecular weight is 322 g/mol. The van der Waals surface area contributed by atoms with Crippen LogP contribution in [0.5, 0.6) is 5.75 Å². The van der Waals surface area contributed by atoms with Gasteiger partial charge in [-0.15, -0.1) is 0 Å². The van der Waals surface area contributed by atoms with Crippen molar-refractivity contribution in [3.8, 4) is 5.75 Å². The summed E-state index contributed by atoms with van der Waals surface area (Å²) in [5, 5.41) is 5.17. The number of hydrogen-bond donors (Lipinski definition) is 2. The Kier molecular flexibility index (Phi) is 7.59. The molecule has 0 fully saturated rings. The maximum atomic E-state index is 12.0. The quantitative estimate of drug-likeness (QED) is 0.693. The van der Waals surface area contributed by atoms with Gasteiger partial charge < -0.3 is 20.1 Å². The summed E-state index contributed by atoms with van der Waals surface area (Å²) >= 11 is 0. The normalized spacial score (nSPS) is 11.3. The van der Waals surface area contributed by atoms with Crippen LogP contribution in [-0.2, 0) is 14.3 Å². The molecule has 126 valence electrons. The van der Waals surface area contributed by atoms with Gasteiger partial charge in [0.2, 0.25) is 0 Å². The van der Waals surface area contributed by atoms with Crippen molar-refractivity contribution in [2.24, 2.45) is 0 Å². The van der Waals surface area contributed by atoms with E-state index < -0.39 is 12.1 Å². The van der Waals surface area contributed by atoms with Gasteiger partial charge in [-0.2, -0.15) is 0 Å². The van der Waals surface area contributed by atoms with Crippen molar-refractivity contribution >= 4 is 17.8 Å². The van der Waals surface area contributed by atoms with E-state index in [-0.39, 0.29) is 24.8 Å². The Morgan fingerprint density at radius 1 is 1.17 bits per heavy atom. The standard InChI is InChI=1S/C16H22N2O5/c1-4-17-15(20)11(2)23-14(19)9-10-18-16(21)12-7-5-6-8-13(12)22-3/h5-8,11H,4,9-10H2,1-3H3,(H,17,20)(H,18,21)/t11-/m1/s1. The summed E-state index contributed by atoms with van der Waals surface area (Å²) in [5.41, 5.74) is 0.388. The van der Waals surface area contributed by atoms with E-state index in [4.69, 9.17) is 9.47 Å². The van der Waals surface area contributed by atoms with Crippen LogP contribution in [0.3, 0.4) is 0 Å². The molecular formula is C16H22N2O5. The van der Waals surface area contributed by atoms with Crippen molar-refractivity contribution in [2.75, 3.05) is 20.2 Å². The molecule has 0 radical (unpaired) electrons. The molecule has 1 atom stereocenters. The molecule has 1 aromatic rings. The summed E-state index contributed by atoms with van der Waals surface area (Å²) in [6.45, 7) is 3.85. The van der Waals surface area contributed by atoms with Gasteiger partial charge in [0.05, 0.1) is 19.1 Å². The Balaban J connectivity index is 2.40. The Labute approximate surface area is 135 Å². The van der Waals surface area contributed by atoms with Crippen molar-refractivity contribution in [1.29, 1.82) is 0 Å². The molecule has 0 aliphatic heterocycles. The minimum absolute atomic E-state index is 0.0232. The zero-order valence-electron chi connectivity index (χ0n) is 13.5. The second-order valence-electron chi connectivity index (χ2n) is 4.73. The topological polar surface area (TPSA) is 93.7 Å². The molecule has 1 aromatic carbocycles. The van der Waals surface area contributed by atoms with Gasteiger partial charge in [0.15, 0.2) is 6.10 Å². The van der Waals surface area contributed by atoms with E-state index in [9.17, 15) is 14.4 Å². The third-order valence-electron chi connectivity index (χ3n) is 2.99. The van der Waals surface area contributed by atoms with E-state index in [0.29, 0.717) is 17.9 Å². The van der Waals surface area contributed by atoms with Gasteiger partial charge in [-0.05, 0) is 26.0 Å². The number of hydrogen-bond acceptors (Lipinski definition) is 5. The number of esters is 1. The maximum absolute atomic E-state index is 12.0. The number of methoxy groups -OCH3 is 1. The Morgan fingerprint density at radius 3 is 2.52 bits per heavy atom. The molecule has 7 nitrogen and oxygen atoms in total. The molecule has 0 bridgehead atoms. The largest absolute Gasteiger partial charge is 0.496 e. The molecule has 0 aromatic heterocycles. The summed E-state index contributed by atoms with van der Waals surface area (Å²) < 4.78 is 10.1. The highest BCUT2D eigenvalue weighted by atomic mass is 16.5. The van der Waals surface area contributed by atoms with Gasteiger partial charge >= 0.3 is 5.97 Å². The number of para-hydroxylation sites is 1. The Hall–Kier alpha value is -2.57. The minimum atomic E-state index is -0.854. The van der Waals surface area contributed by atoms with Crippen molar-refractivity contribution in [3.63, 3.8) is 0 Å². The molecule has 0 aliphatic carbocycles. The fraction of sp³-hybridized carbons (Fsp3) is 0.438. The SMILES string of the molecule is CCNC(=O)[C@@H](C)OC(=O)CCNC(=O)c1ccccc1OC. The molecule has 7 heteroatoms. The first-order valence-electron chi connectivity index (χ1n) is 7.38. The van der Waals surface area contributed by atoms with E-state index in [0.717, 1.165) is 0 Å². The van der Waals surface area contributed by atoms with Crippen LogP contribution in [0.1, 0.15) is 30.6 Å². The van der Waals surface area contributed by atoms with Crippen LogP contribution in [0.15, 0.2) is 24.3 Å². The van der Waals surface area contributed by atoms with Crippen molar-refractivity contribution in [1.82, 2.24) is 10.6 Å². The molecule has 2 N–H and O–H groups in total. The molecule has 0 heterocycles. The highest BCUT2D eigenvalue weighted by Gasteiger charge is 2.17. The van der Waals surface area contributed by atoms with Gasteiger partial charge in [-0.1, -0.05) is 12.1 Å². The first-order chi connectivity index (χ1) is 11.0. The highest BCUT2D eigenvalue weighted by Crippen LogP contribution is 2.16. The van der Waals surface area contributed by atoms with E-state index in [1.165, 1.54) is 14.0 Å². The second-order valence-corrected chi connectivity index (χ2v) is 4.73. The van der Waals surface area contributed by atoms with Gasteiger partial charge in [0, 0.05) is 13.1 Å². The van der Waals surface area contributed by atoms with Crippen molar-refractivity contribution < 1.29 is 23.9 Å². The molecule has 0 saturated heterocycles. The third kappa shape index (κ3) is 5.98. The fourth-order valence-corrected chi connectivity index (χ4v) is 1.83. The predicted molar refractivity (Wildman–Crippen MR) is 84.2 cm³/mol. The van der Waals surface area contributed by atoms with Crippen molar-refractivity contribution in [2.45, 2.75) is 26.4 Å². The number of carbonyl (C=O) groups is 3. The molecule has 2 amide bonds. The fourth-order valence-electron chi connectivity index (χ4n) is 1.83. The van der Waals surface area contributed by atoms with Gasteiger partial charge in [-0.25, -0.2) is 0 Å². The maximum Gasteiger partial charge on any atom is 0.308 e. The lowest BCUT2D eigenvalue weighted by molar-refractivity contribution is -0.154. The number of rotatable bonds is 8. The van der Waals surface area contributed by atoms with Crippen LogP contribution in [0.2, 0.25) is 0 Å². The van der Waals surface area contributed by atoms with Gasteiger partial charge in [0.25, 0.3) is 11.8 Å². The Bertz CT molecular complexity index is 559. The first-order valence-corrected chi connectivity index (χ1v) is 7.38. The number of amides is 2. The third-order valence-corrected chi connectivity index (χ3v) is 2.99. The van der Waals surface area contributed by atoms with Crippen LogP contribution >= 0.6 is 0 Å². The minimum Gasteiger partial charge on any atom is -0.496 e. The summed E-state index contributed by atoms with van der Waals surface area (Å²) in [6, 6.07) is 6.79. The zero-order chi connectivity index (χ0) is 17.2. The molecule has 0 saturated carbocycles. The molecule has 23 heavy (non-hydrogen) atoms. The number of carbonyl (C=O) groups excluding carboxylic acids is 3. The van der Waals surface area contributed by atoms with Gasteiger partial charge in [-0.3, -0.25) is 14.4 Å². The van der Waals surface area contributed by atoms with Crippen LogP contribution < -0.4 is 15.4 Å². The number of likely N-dealkylation sites (N-methyl/N-ethyl adjacent to an activating group) is 1. The second kappa shape index (κ2) is 9.45. The smallest absolute Gasteiger partial charge is 0.308 e. The summed E-state index contributed by atoms with van der Waals surface area (Å²) in [7, 11) is 1.48. The highest BCUT2D eigenvalue weighted by molar-refractivity contribution is 5.97. The van der Waals surface area contributed by atoms with E-state index in [1.807, 2.05) is 0 Å². The van der Waals surface area contributed by atoms with E-state index in [1.54, 1.807) is 31.2 Å². The first kappa shape index (κ1) is 18.5. The van der Waals surface area contributed by atoms with Crippen LogP contribution in [0, 0.1) is 0 Å². The Morgan fingerprint density at radius 2 is 1.87 bits per heavy atom. The lowest BCUT2D eigenvalue weighted by Gasteiger charge is -2.13. The van der Waals surface area contributed by atoms with Crippen molar-refractivity contribution in [3.05, 3.63) is 29.8 Å². The lowest BCUT2D eigenvalue weighted by Crippen LogP contribution is -2.36. The summed E-state index contributed by atoms with van der Waals surface area (Å²) in [5.74, 6) is -0.785. The summed E-state index contributed by atoms with van der Waals surface area (Å²) in [4.78, 5) is 35.1. The molecule has 1 rings (SSSR count). The average Bonchev–Trinajstić information content (AvgIpc) is 2.54.